The maximum Gasteiger partial charge on any atom is 0.165 e. The fourth-order valence-electron chi connectivity index (χ4n) is 5.07. The molecule has 0 spiro atoms. The van der Waals surface area contributed by atoms with Gasteiger partial charge < -0.3 is 32.8 Å². The lowest BCUT2D eigenvalue weighted by atomic mass is 10.1. The summed E-state index contributed by atoms with van der Waals surface area (Å²) < 4.78 is 41.9. The average Bonchev–Trinajstić information content (AvgIpc) is 3.92. The largest absolute Gasteiger partial charge is 0.490 e. The number of rotatable bonds is 22. The van der Waals surface area contributed by atoms with Gasteiger partial charge in [0.25, 0.3) is 0 Å². The summed E-state index contributed by atoms with van der Waals surface area (Å²) in [7, 11) is 0. The molecule has 0 radical (unpaired) electrons. The maximum atomic E-state index is 6.32. The van der Waals surface area contributed by atoms with Crippen molar-refractivity contribution in [2.24, 2.45) is 0 Å². The summed E-state index contributed by atoms with van der Waals surface area (Å²) >= 11 is 0. The van der Waals surface area contributed by atoms with E-state index in [1.165, 1.54) is 64.2 Å². The molecule has 2 aliphatic heterocycles. The zero-order chi connectivity index (χ0) is 28.3. The van der Waals surface area contributed by atoms with Crippen LogP contribution in [-0.2, 0) is 9.47 Å². The minimum atomic E-state index is 0.161. The van der Waals surface area contributed by atoms with Crippen LogP contribution in [0.4, 0.5) is 0 Å². The van der Waals surface area contributed by atoms with Crippen molar-refractivity contribution >= 4 is 21.9 Å². The van der Waals surface area contributed by atoms with Crippen LogP contribution in [0.3, 0.4) is 0 Å². The second kappa shape index (κ2) is 15.5. The summed E-state index contributed by atoms with van der Waals surface area (Å²) in [6.45, 7) is 8.33. The molecule has 7 nitrogen and oxygen atoms in total. The molecule has 1 aromatic heterocycles. The SMILES string of the molecule is CCCCCCCCOc1cc2c(cc1OCC1CO1)oc1cc(OCC3CO3)c(OCCCCCCCC)cc12. The number of epoxide rings is 2. The van der Waals surface area contributed by atoms with Gasteiger partial charge in [0.1, 0.15) is 36.6 Å². The first-order chi connectivity index (χ1) is 20.2. The molecular formula is C34H48O7. The van der Waals surface area contributed by atoms with Gasteiger partial charge in [0, 0.05) is 22.9 Å². The van der Waals surface area contributed by atoms with Crippen LogP contribution in [0.25, 0.3) is 21.9 Å². The highest BCUT2D eigenvalue weighted by Gasteiger charge is 2.26. The molecule has 3 aromatic rings. The van der Waals surface area contributed by atoms with Crippen molar-refractivity contribution in [1.82, 2.24) is 0 Å². The molecule has 5 rings (SSSR count). The van der Waals surface area contributed by atoms with Crippen LogP contribution in [0.15, 0.2) is 28.7 Å². The van der Waals surface area contributed by atoms with E-state index in [4.69, 9.17) is 32.8 Å². The van der Waals surface area contributed by atoms with E-state index in [1.54, 1.807) is 0 Å². The molecule has 2 aliphatic rings. The van der Waals surface area contributed by atoms with E-state index in [0.717, 1.165) is 59.5 Å². The Hall–Kier alpha value is -2.64. The number of ether oxygens (including phenoxy) is 6. The van der Waals surface area contributed by atoms with Crippen molar-refractivity contribution in [2.45, 2.75) is 103 Å². The molecule has 3 heterocycles. The van der Waals surface area contributed by atoms with Crippen LogP contribution in [0.5, 0.6) is 23.0 Å². The van der Waals surface area contributed by atoms with Crippen molar-refractivity contribution in [3.8, 4) is 23.0 Å². The molecule has 0 bridgehead atoms. The van der Waals surface area contributed by atoms with E-state index in [1.807, 2.05) is 12.1 Å². The average molecular weight is 569 g/mol. The number of furan rings is 1. The number of fused-ring (bicyclic) bond motifs is 3. The topological polar surface area (TPSA) is 75.1 Å². The highest BCUT2D eigenvalue weighted by molar-refractivity contribution is 6.07. The third kappa shape index (κ3) is 9.17. The Kier molecular flexibility index (Phi) is 11.3. The number of unbranched alkanes of at least 4 members (excludes halogenated alkanes) is 10. The summed E-state index contributed by atoms with van der Waals surface area (Å²) in [5, 5.41) is 1.96. The summed E-state index contributed by atoms with van der Waals surface area (Å²) in [6.07, 6.45) is 15.0. The third-order valence-electron chi connectivity index (χ3n) is 7.77. The molecule has 2 unspecified atom stereocenters. The van der Waals surface area contributed by atoms with E-state index in [0.29, 0.717) is 37.9 Å². The van der Waals surface area contributed by atoms with Gasteiger partial charge in [-0.1, -0.05) is 78.1 Å². The number of hydrogen-bond donors (Lipinski definition) is 0. The molecule has 41 heavy (non-hydrogen) atoms. The lowest BCUT2D eigenvalue weighted by Crippen LogP contribution is -2.06. The van der Waals surface area contributed by atoms with Crippen molar-refractivity contribution in [3.05, 3.63) is 24.3 Å². The second-order valence-electron chi connectivity index (χ2n) is 11.5. The fraction of sp³-hybridized carbons (Fsp3) is 0.647. The van der Waals surface area contributed by atoms with Crippen molar-refractivity contribution < 1.29 is 32.8 Å². The first kappa shape index (κ1) is 29.8. The minimum absolute atomic E-state index is 0.161. The molecule has 2 saturated heterocycles. The number of hydrogen-bond acceptors (Lipinski definition) is 7. The molecule has 0 saturated carbocycles. The lowest BCUT2D eigenvalue weighted by Gasteiger charge is -2.13. The molecule has 0 N–H and O–H groups in total. The summed E-state index contributed by atoms with van der Waals surface area (Å²) in [4.78, 5) is 0. The van der Waals surface area contributed by atoms with Crippen LogP contribution in [0.2, 0.25) is 0 Å². The van der Waals surface area contributed by atoms with E-state index in [2.05, 4.69) is 26.0 Å². The molecule has 2 fully saturated rings. The van der Waals surface area contributed by atoms with Crippen LogP contribution >= 0.6 is 0 Å². The van der Waals surface area contributed by atoms with Crippen LogP contribution in [0.1, 0.15) is 90.9 Å². The van der Waals surface area contributed by atoms with Gasteiger partial charge in [-0.05, 0) is 25.0 Å². The summed E-state index contributed by atoms with van der Waals surface area (Å²) in [5.74, 6) is 2.88. The fourth-order valence-corrected chi connectivity index (χ4v) is 5.07. The Morgan fingerprint density at radius 1 is 0.537 bits per heavy atom. The Morgan fingerprint density at radius 2 is 0.927 bits per heavy atom. The van der Waals surface area contributed by atoms with E-state index in [9.17, 15) is 0 Å². The smallest absolute Gasteiger partial charge is 0.165 e. The van der Waals surface area contributed by atoms with Gasteiger partial charge in [0.15, 0.2) is 23.0 Å². The molecule has 0 aliphatic carbocycles. The quantitative estimate of drug-likeness (QED) is 0.0887. The van der Waals surface area contributed by atoms with Gasteiger partial charge in [0.05, 0.1) is 26.4 Å². The normalized spacial score (nSPS) is 17.7. The molecule has 7 heteroatoms. The van der Waals surface area contributed by atoms with E-state index < -0.39 is 0 Å². The zero-order valence-corrected chi connectivity index (χ0v) is 25.0. The van der Waals surface area contributed by atoms with E-state index in [-0.39, 0.29) is 12.2 Å². The highest BCUT2D eigenvalue weighted by atomic mass is 16.6. The van der Waals surface area contributed by atoms with Gasteiger partial charge in [-0.3, -0.25) is 0 Å². The van der Waals surface area contributed by atoms with Crippen LogP contribution in [0, 0.1) is 0 Å². The molecular weight excluding hydrogens is 520 g/mol. The first-order valence-corrected chi connectivity index (χ1v) is 16.0. The van der Waals surface area contributed by atoms with Gasteiger partial charge in [-0.2, -0.15) is 0 Å². The predicted molar refractivity (Wildman–Crippen MR) is 162 cm³/mol. The van der Waals surface area contributed by atoms with Crippen molar-refractivity contribution in [1.29, 1.82) is 0 Å². The maximum absolute atomic E-state index is 6.32. The summed E-state index contributed by atoms with van der Waals surface area (Å²) in [6, 6.07) is 8.00. The first-order valence-electron chi connectivity index (χ1n) is 16.0. The lowest BCUT2D eigenvalue weighted by molar-refractivity contribution is 0.239. The highest BCUT2D eigenvalue weighted by Crippen LogP contribution is 2.42. The van der Waals surface area contributed by atoms with Gasteiger partial charge in [0.2, 0.25) is 0 Å². The minimum Gasteiger partial charge on any atom is -0.490 e. The molecule has 0 amide bonds. The predicted octanol–water partition coefficient (Wildman–Crippen LogP) is 8.62. The van der Waals surface area contributed by atoms with Gasteiger partial charge in [-0.25, -0.2) is 0 Å². The third-order valence-corrected chi connectivity index (χ3v) is 7.77. The monoisotopic (exact) mass is 568 g/mol. The van der Waals surface area contributed by atoms with Crippen LogP contribution in [-0.4, -0.2) is 51.8 Å². The Morgan fingerprint density at radius 3 is 1.34 bits per heavy atom. The van der Waals surface area contributed by atoms with Crippen molar-refractivity contribution in [3.63, 3.8) is 0 Å². The van der Waals surface area contributed by atoms with E-state index >= 15 is 0 Å². The van der Waals surface area contributed by atoms with Gasteiger partial charge in [-0.15, -0.1) is 0 Å². The molecule has 226 valence electrons. The second-order valence-corrected chi connectivity index (χ2v) is 11.5. The Labute approximate surface area is 244 Å². The molecule has 2 aromatic carbocycles. The zero-order valence-electron chi connectivity index (χ0n) is 25.0. The number of benzene rings is 2. The van der Waals surface area contributed by atoms with Crippen molar-refractivity contribution in [2.75, 3.05) is 39.6 Å². The standard InChI is InChI=1S/C34H48O7/c1-3-5-7-9-11-13-15-35-31-17-27-28-18-32(36-16-14-12-10-8-6-4-2)34(40-24-26-22-38-26)20-30(28)41-29(27)19-33(31)39-23-25-21-37-25/h17-20,25-26H,3-16,21-24H2,1-2H3. The molecule has 2 atom stereocenters. The Balaban J connectivity index is 1.33. The van der Waals surface area contributed by atoms with Crippen LogP contribution < -0.4 is 18.9 Å². The summed E-state index contributed by atoms with van der Waals surface area (Å²) in [5.41, 5.74) is 1.51. The van der Waals surface area contributed by atoms with Gasteiger partial charge >= 0.3 is 0 Å². The Bertz CT molecular complexity index is 1120.